The Balaban J connectivity index is 1.62. The number of carboxylic acid groups (broad SMARTS) is 1. The molecule has 0 saturated carbocycles. The van der Waals surface area contributed by atoms with Gasteiger partial charge in [-0.05, 0) is 42.5 Å². The van der Waals surface area contributed by atoms with Crippen LogP contribution < -0.4 is 5.32 Å². The average Bonchev–Trinajstić information content (AvgIpc) is 3.08. The molecule has 1 aromatic heterocycles. The minimum atomic E-state index is -1.12. The van der Waals surface area contributed by atoms with Crippen molar-refractivity contribution in [1.82, 2.24) is 14.7 Å². The number of urea groups is 1. The average molecular weight is 476 g/mol. The number of benzene rings is 2. The second kappa shape index (κ2) is 7.88. The second-order valence-corrected chi connectivity index (χ2v) is 7.93. The summed E-state index contributed by atoms with van der Waals surface area (Å²) in [5, 5.41) is 17.2. The number of carboxylic acids is 1. The van der Waals surface area contributed by atoms with Crippen LogP contribution in [0.4, 0.5) is 10.5 Å². The topological polar surface area (TPSA) is 87.5 Å². The molecule has 148 valence electrons. The highest BCUT2D eigenvalue weighted by molar-refractivity contribution is 9.10. The third kappa shape index (κ3) is 3.99. The van der Waals surface area contributed by atoms with Gasteiger partial charge in [-0.15, -0.1) is 0 Å². The number of amides is 2. The first kappa shape index (κ1) is 19.5. The monoisotopic (exact) mass is 474 g/mol. The van der Waals surface area contributed by atoms with Gasteiger partial charge in [0.2, 0.25) is 0 Å². The first-order chi connectivity index (χ1) is 13.9. The Kier molecular flexibility index (Phi) is 5.29. The number of nitrogens with zero attached hydrogens (tertiary/aromatic N) is 3. The number of anilines is 1. The number of halogens is 2. The van der Waals surface area contributed by atoms with Crippen molar-refractivity contribution in [3.05, 3.63) is 75.0 Å². The Labute approximate surface area is 180 Å². The minimum absolute atomic E-state index is 0.0387. The highest BCUT2D eigenvalue weighted by Crippen LogP contribution is 2.27. The van der Waals surface area contributed by atoms with Crippen molar-refractivity contribution in [3.8, 4) is 5.69 Å². The number of hydrogen-bond donors (Lipinski definition) is 2. The summed E-state index contributed by atoms with van der Waals surface area (Å²) in [5.74, 6) is -1.12. The highest BCUT2D eigenvalue weighted by atomic mass is 79.9. The molecule has 0 unspecified atom stereocenters. The molecule has 2 heterocycles. The number of nitrogens with one attached hydrogen (secondary N) is 1. The van der Waals surface area contributed by atoms with Crippen LogP contribution in [0.15, 0.2) is 53.0 Å². The Bertz CT molecular complexity index is 1100. The number of carbonyl (C=O) groups excluding carboxylic acids is 1. The zero-order valence-electron chi connectivity index (χ0n) is 15.1. The molecule has 29 heavy (non-hydrogen) atoms. The quantitative estimate of drug-likeness (QED) is 0.581. The summed E-state index contributed by atoms with van der Waals surface area (Å²) < 4.78 is 2.57. The molecular formula is C20H16BrClN4O3. The number of fused-ring (bicyclic) bond motifs is 1. The van der Waals surface area contributed by atoms with Crippen LogP contribution in [-0.4, -0.2) is 38.3 Å². The lowest BCUT2D eigenvalue weighted by atomic mass is 10.1. The van der Waals surface area contributed by atoms with Gasteiger partial charge in [-0.1, -0.05) is 33.6 Å². The number of carbonyl (C=O) groups is 2. The molecule has 1 aliphatic rings. The smallest absolute Gasteiger partial charge is 0.356 e. The fraction of sp³-hybridized carbons (Fsp3) is 0.150. The van der Waals surface area contributed by atoms with E-state index >= 15 is 0 Å². The zero-order valence-corrected chi connectivity index (χ0v) is 17.4. The van der Waals surface area contributed by atoms with Gasteiger partial charge in [0.05, 0.1) is 17.9 Å². The van der Waals surface area contributed by atoms with Crippen LogP contribution in [-0.2, 0) is 13.0 Å². The predicted molar refractivity (Wildman–Crippen MR) is 113 cm³/mol. The molecule has 9 heteroatoms. The van der Waals surface area contributed by atoms with E-state index in [-0.39, 0.29) is 18.3 Å². The highest BCUT2D eigenvalue weighted by Gasteiger charge is 2.30. The Morgan fingerprint density at radius 2 is 1.93 bits per heavy atom. The summed E-state index contributed by atoms with van der Waals surface area (Å²) in [6.45, 7) is 0.612. The van der Waals surface area contributed by atoms with Crippen molar-refractivity contribution >= 4 is 45.2 Å². The lowest BCUT2D eigenvalue weighted by Crippen LogP contribution is -2.39. The summed E-state index contributed by atoms with van der Waals surface area (Å²) in [4.78, 5) is 26.0. The van der Waals surface area contributed by atoms with E-state index in [9.17, 15) is 14.7 Å². The molecule has 0 atom stereocenters. The SMILES string of the molecule is O=C(O)c1nn(-c2ccc(Br)cc2)c2c1CN(C(=O)Nc1cccc(Cl)c1)CC2. The molecule has 1 aliphatic heterocycles. The standard InChI is InChI=1S/C20H16BrClN4O3/c21-12-4-6-15(7-5-12)26-17-8-9-25(11-16(17)18(24-26)19(27)28)20(29)23-14-3-1-2-13(22)10-14/h1-7,10H,8-9,11H2,(H,23,29)(H,27,28). The van der Waals surface area contributed by atoms with E-state index in [0.29, 0.717) is 29.2 Å². The Morgan fingerprint density at radius 3 is 2.62 bits per heavy atom. The van der Waals surface area contributed by atoms with Gasteiger partial charge in [-0.2, -0.15) is 5.10 Å². The van der Waals surface area contributed by atoms with Crippen LogP contribution in [0.5, 0.6) is 0 Å². The fourth-order valence-corrected chi connectivity index (χ4v) is 3.78. The van der Waals surface area contributed by atoms with E-state index in [2.05, 4.69) is 26.3 Å². The third-order valence-electron chi connectivity index (χ3n) is 4.69. The van der Waals surface area contributed by atoms with Gasteiger partial charge in [-0.25, -0.2) is 14.3 Å². The van der Waals surface area contributed by atoms with Crippen LogP contribution in [0.2, 0.25) is 5.02 Å². The van der Waals surface area contributed by atoms with E-state index in [1.165, 1.54) is 0 Å². The first-order valence-electron chi connectivity index (χ1n) is 8.84. The molecular weight excluding hydrogens is 460 g/mol. The Morgan fingerprint density at radius 1 is 1.17 bits per heavy atom. The lowest BCUT2D eigenvalue weighted by molar-refractivity contribution is 0.0687. The Hall–Kier alpha value is -2.84. The van der Waals surface area contributed by atoms with Crippen molar-refractivity contribution in [2.45, 2.75) is 13.0 Å². The maximum absolute atomic E-state index is 12.7. The summed E-state index contributed by atoms with van der Waals surface area (Å²) in [6.07, 6.45) is 0.495. The van der Waals surface area contributed by atoms with Crippen LogP contribution in [0, 0.1) is 0 Å². The molecule has 0 fully saturated rings. The maximum atomic E-state index is 12.7. The number of hydrogen-bond acceptors (Lipinski definition) is 3. The summed E-state index contributed by atoms with van der Waals surface area (Å²) in [5.41, 5.74) is 2.67. The van der Waals surface area contributed by atoms with E-state index < -0.39 is 5.97 Å². The van der Waals surface area contributed by atoms with Crippen molar-refractivity contribution in [2.24, 2.45) is 0 Å². The van der Waals surface area contributed by atoms with Crippen molar-refractivity contribution in [3.63, 3.8) is 0 Å². The van der Waals surface area contributed by atoms with Gasteiger partial charge in [0.15, 0.2) is 5.69 Å². The molecule has 4 rings (SSSR count). The molecule has 2 N–H and O–H groups in total. The van der Waals surface area contributed by atoms with Gasteiger partial charge in [0.1, 0.15) is 0 Å². The second-order valence-electron chi connectivity index (χ2n) is 6.58. The number of aromatic carboxylic acids is 1. The van der Waals surface area contributed by atoms with Crippen LogP contribution >= 0.6 is 27.5 Å². The molecule has 3 aromatic rings. The van der Waals surface area contributed by atoms with E-state index in [4.69, 9.17) is 11.6 Å². The predicted octanol–water partition coefficient (Wildman–Crippen LogP) is 4.58. The number of aromatic nitrogens is 2. The molecule has 0 bridgehead atoms. The molecule has 0 spiro atoms. The fourth-order valence-electron chi connectivity index (χ4n) is 3.33. The van der Waals surface area contributed by atoms with E-state index in [1.54, 1.807) is 33.8 Å². The minimum Gasteiger partial charge on any atom is -0.476 e. The van der Waals surface area contributed by atoms with Crippen LogP contribution in [0.3, 0.4) is 0 Å². The molecule has 2 amide bonds. The van der Waals surface area contributed by atoms with Crippen LogP contribution in [0.1, 0.15) is 21.7 Å². The van der Waals surface area contributed by atoms with Gasteiger partial charge in [-0.3, -0.25) is 0 Å². The summed E-state index contributed by atoms with van der Waals surface area (Å²) >= 11 is 9.36. The van der Waals surface area contributed by atoms with Gasteiger partial charge in [0, 0.05) is 33.7 Å². The zero-order chi connectivity index (χ0) is 20.5. The molecule has 7 nitrogen and oxygen atoms in total. The first-order valence-corrected chi connectivity index (χ1v) is 10.0. The molecule has 0 aliphatic carbocycles. The summed E-state index contributed by atoms with van der Waals surface area (Å²) in [7, 11) is 0. The van der Waals surface area contributed by atoms with Crippen molar-refractivity contribution in [1.29, 1.82) is 0 Å². The van der Waals surface area contributed by atoms with Gasteiger partial charge < -0.3 is 15.3 Å². The van der Waals surface area contributed by atoms with Crippen LogP contribution in [0.25, 0.3) is 5.69 Å². The largest absolute Gasteiger partial charge is 0.476 e. The molecule has 0 saturated heterocycles. The summed E-state index contributed by atoms with van der Waals surface area (Å²) in [6, 6.07) is 14.0. The number of rotatable bonds is 3. The lowest BCUT2D eigenvalue weighted by Gasteiger charge is -2.28. The van der Waals surface area contributed by atoms with E-state index in [1.807, 2.05) is 24.3 Å². The van der Waals surface area contributed by atoms with Crippen molar-refractivity contribution < 1.29 is 14.7 Å². The van der Waals surface area contributed by atoms with E-state index in [0.717, 1.165) is 15.9 Å². The normalized spacial score (nSPS) is 13.1. The third-order valence-corrected chi connectivity index (χ3v) is 5.46. The van der Waals surface area contributed by atoms with Gasteiger partial charge in [0.25, 0.3) is 0 Å². The van der Waals surface area contributed by atoms with Gasteiger partial charge >= 0.3 is 12.0 Å². The van der Waals surface area contributed by atoms with Crippen molar-refractivity contribution in [2.75, 3.05) is 11.9 Å². The maximum Gasteiger partial charge on any atom is 0.356 e. The molecule has 2 aromatic carbocycles. The molecule has 0 radical (unpaired) electrons.